The van der Waals surface area contributed by atoms with E-state index in [1.807, 2.05) is 13.0 Å². The third-order valence-electron chi connectivity index (χ3n) is 3.04. The number of carbonyl (C=O) groups excluding carboxylic acids is 1. The quantitative estimate of drug-likeness (QED) is 0.641. The average Bonchev–Trinajstić information content (AvgIpc) is 2.15. The molecule has 1 atom stereocenters. The van der Waals surface area contributed by atoms with Gasteiger partial charge in [0.25, 0.3) is 0 Å². The highest BCUT2D eigenvalue weighted by atomic mass is 16.1. The van der Waals surface area contributed by atoms with Crippen LogP contribution < -0.4 is 0 Å². The molecule has 1 nitrogen and oxygen atoms in total. The maximum atomic E-state index is 11.2. The van der Waals surface area contributed by atoms with Gasteiger partial charge in [0.15, 0.2) is 5.78 Å². The molecule has 1 aliphatic carbocycles. The molecule has 1 aliphatic rings. The average molecular weight is 204 g/mol. The zero-order chi connectivity index (χ0) is 11.5. The number of hydrogen-bond acceptors (Lipinski definition) is 1. The van der Waals surface area contributed by atoms with Crippen LogP contribution in [0.5, 0.6) is 0 Å². The van der Waals surface area contributed by atoms with Gasteiger partial charge in [0.2, 0.25) is 0 Å². The van der Waals surface area contributed by atoms with E-state index in [2.05, 4.69) is 32.6 Å². The first-order valence-corrected chi connectivity index (χ1v) is 5.53. The summed E-state index contributed by atoms with van der Waals surface area (Å²) in [7, 11) is 0. The Morgan fingerprint density at radius 1 is 1.67 bits per heavy atom. The van der Waals surface area contributed by atoms with Crippen LogP contribution in [0.3, 0.4) is 0 Å². The van der Waals surface area contributed by atoms with Gasteiger partial charge in [0.05, 0.1) is 0 Å². The number of carbonyl (C=O) groups is 1. The third-order valence-corrected chi connectivity index (χ3v) is 3.04. The zero-order valence-corrected chi connectivity index (χ0v) is 9.92. The zero-order valence-electron chi connectivity index (χ0n) is 9.92. The highest BCUT2D eigenvalue weighted by Gasteiger charge is 2.30. The molecule has 0 spiro atoms. The molecule has 1 rings (SSSR count). The summed E-state index contributed by atoms with van der Waals surface area (Å²) < 4.78 is 0. The van der Waals surface area contributed by atoms with E-state index in [1.54, 1.807) is 6.08 Å². The largest absolute Gasteiger partial charge is 0.295 e. The van der Waals surface area contributed by atoms with E-state index >= 15 is 0 Å². The van der Waals surface area contributed by atoms with Crippen LogP contribution in [0, 0.1) is 11.3 Å². The van der Waals surface area contributed by atoms with Gasteiger partial charge >= 0.3 is 0 Å². The summed E-state index contributed by atoms with van der Waals surface area (Å²) in [5.41, 5.74) is 1.28. The lowest BCUT2D eigenvalue weighted by Crippen LogP contribution is -2.25. The van der Waals surface area contributed by atoms with Crippen molar-refractivity contribution in [2.24, 2.45) is 11.3 Å². The minimum atomic E-state index is 0.177. The fourth-order valence-corrected chi connectivity index (χ4v) is 1.95. The van der Waals surface area contributed by atoms with Gasteiger partial charge < -0.3 is 0 Å². The first kappa shape index (κ1) is 12.0. The molecule has 0 saturated carbocycles. The van der Waals surface area contributed by atoms with E-state index in [4.69, 9.17) is 0 Å². The number of hydrogen-bond donors (Lipinski definition) is 0. The Morgan fingerprint density at radius 3 is 2.87 bits per heavy atom. The van der Waals surface area contributed by atoms with Gasteiger partial charge in [0.1, 0.15) is 0 Å². The van der Waals surface area contributed by atoms with Crippen molar-refractivity contribution in [3.63, 3.8) is 0 Å². The fraction of sp³-hybridized carbons (Fsp3) is 0.500. The summed E-state index contributed by atoms with van der Waals surface area (Å²) in [6.07, 6.45) is 9.56. The maximum Gasteiger partial charge on any atom is 0.155 e. The monoisotopic (exact) mass is 204 g/mol. The summed E-state index contributed by atoms with van der Waals surface area (Å²) in [4.78, 5) is 11.2. The van der Waals surface area contributed by atoms with Crippen molar-refractivity contribution in [3.8, 4) is 0 Å². The third kappa shape index (κ3) is 2.92. The molecule has 0 heterocycles. The van der Waals surface area contributed by atoms with E-state index < -0.39 is 0 Å². The van der Waals surface area contributed by atoms with Crippen LogP contribution in [0.15, 0.2) is 36.5 Å². The molecule has 0 aliphatic heterocycles. The molecule has 1 unspecified atom stereocenters. The molecule has 82 valence electrons. The summed E-state index contributed by atoms with van der Waals surface area (Å²) in [5.74, 6) is 0.478. The first-order valence-electron chi connectivity index (χ1n) is 5.53. The molecule has 1 heteroatoms. The minimum absolute atomic E-state index is 0.177. The maximum absolute atomic E-state index is 11.2. The smallest absolute Gasteiger partial charge is 0.155 e. The highest BCUT2D eigenvalue weighted by Crippen LogP contribution is 2.40. The molecule has 0 aromatic carbocycles. The Kier molecular flexibility index (Phi) is 3.67. The van der Waals surface area contributed by atoms with Crippen LogP contribution >= 0.6 is 0 Å². The molecule has 0 saturated heterocycles. The van der Waals surface area contributed by atoms with Gasteiger partial charge in [-0.15, -0.1) is 0 Å². The number of rotatable bonds is 3. The van der Waals surface area contributed by atoms with Gasteiger partial charge in [-0.2, -0.15) is 0 Å². The molecule has 0 amide bonds. The number of ketones is 1. The molecule has 0 aromatic heterocycles. The van der Waals surface area contributed by atoms with Gasteiger partial charge in [-0.05, 0) is 23.5 Å². The molecule has 15 heavy (non-hydrogen) atoms. The standard InChI is InChI=1S/C14H20O/c1-5-12(15)8-9-13-11(2)7-6-10-14(13,3)4/h6-9,13H,2,5,10H2,1,3-4H3. The molecule has 0 fully saturated rings. The first-order chi connectivity index (χ1) is 6.97. The summed E-state index contributed by atoms with van der Waals surface area (Å²) in [6.45, 7) is 10.4. The van der Waals surface area contributed by atoms with Crippen molar-refractivity contribution >= 4 is 5.78 Å². The van der Waals surface area contributed by atoms with Crippen molar-refractivity contribution in [2.75, 3.05) is 0 Å². The van der Waals surface area contributed by atoms with E-state index in [-0.39, 0.29) is 17.1 Å². The Hall–Kier alpha value is -1.11. The topological polar surface area (TPSA) is 17.1 Å². The SMILES string of the molecule is C=C1C=CCC(C)(C)C1C=CC(=O)CC. The van der Waals surface area contributed by atoms with Gasteiger partial charge in [0, 0.05) is 12.3 Å². The predicted molar refractivity (Wildman–Crippen MR) is 64.6 cm³/mol. The predicted octanol–water partition coefficient (Wildman–Crippen LogP) is 3.68. The molecular formula is C14H20O. The van der Waals surface area contributed by atoms with E-state index in [1.165, 1.54) is 0 Å². The van der Waals surface area contributed by atoms with E-state index in [0.717, 1.165) is 12.0 Å². The molecule has 0 aromatic rings. The second-order valence-corrected chi connectivity index (χ2v) is 4.83. The van der Waals surface area contributed by atoms with Crippen molar-refractivity contribution < 1.29 is 4.79 Å². The van der Waals surface area contributed by atoms with Crippen LogP contribution in [-0.2, 0) is 4.79 Å². The van der Waals surface area contributed by atoms with Crippen LogP contribution in [0.4, 0.5) is 0 Å². The Labute approximate surface area is 92.6 Å². The van der Waals surface area contributed by atoms with Gasteiger partial charge in [-0.25, -0.2) is 0 Å². The molecule has 0 bridgehead atoms. The lowest BCUT2D eigenvalue weighted by molar-refractivity contribution is -0.114. The summed E-state index contributed by atoms with van der Waals surface area (Å²) >= 11 is 0. The van der Waals surface area contributed by atoms with Crippen LogP contribution in [0.2, 0.25) is 0 Å². The fourth-order valence-electron chi connectivity index (χ4n) is 1.95. The molecule has 0 radical (unpaired) electrons. The summed E-state index contributed by atoms with van der Waals surface area (Å²) in [6, 6.07) is 0. The minimum Gasteiger partial charge on any atom is -0.295 e. The van der Waals surface area contributed by atoms with Crippen LogP contribution in [-0.4, -0.2) is 5.78 Å². The summed E-state index contributed by atoms with van der Waals surface area (Å²) in [5, 5.41) is 0. The Morgan fingerprint density at radius 2 is 2.33 bits per heavy atom. The second kappa shape index (κ2) is 4.61. The molecule has 0 N–H and O–H groups in total. The van der Waals surface area contributed by atoms with Gasteiger partial charge in [-0.1, -0.05) is 45.6 Å². The highest BCUT2D eigenvalue weighted by molar-refractivity contribution is 5.89. The lowest BCUT2D eigenvalue weighted by Gasteiger charge is -2.35. The normalized spacial score (nSPS) is 24.7. The van der Waals surface area contributed by atoms with E-state index in [9.17, 15) is 4.79 Å². The molecular weight excluding hydrogens is 184 g/mol. The lowest BCUT2D eigenvalue weighted by atomic mass is 9.69. The van der Waals surface area contributed by atoms with Crippen molar-refractivity contribution in [1.29, 1.82) is 0 Å². The van der Waals surface area contributed by atoms with Crippen molar-refractivity contribution in [2.45, 2.75) is 33.6 Å². The van der Waals surface area contributed by atoms with Crippen LogP contribution in [0.25, 0.3) is 0 Å². The number of allylic oxidation sites excluding steroid dienone is 5. The van der Waals surface area contributed by atoms with Gasteiger partial charge in [-0.3, -0.25) is 4.79 Å². The Balaban J connectivity index is 2.83. The Bertz CT molecular complexity index is 318. The van der Waals surface area contributed by atoms with E-state index in [0.29, 0.717) is 6.42 Å². The second-order valence-electron chi connectivity index (χ2n) is 4.83. The van der Waals surface area contributed by atoms with Crippen molar-refractivity contribution in [3.05, 3.63) is 36.5 Å². The van der Waals surface area contributed by atoms with Crippen molar-refractivity contribution in [1.82, 2.24) is 0 Å². The van der Waals surface area contributed by atoms with Crippen LogP contribution in [0.1, 0.15) is 33.6 Å².